The molecule has 0 saturated heterocycles. The van der Waals surface area contributed by atoms with Gasteiger partial charge in [0.15, 0.2) is 5.16 Å². The first kappa shape index (κ1) is 21.6. The zero-order valence-corrected chi connectivity index (χ0v) is 19.9. The number of aromatic nitrogens is 2. The highest BCUT2D eigenvalue weighted by Crippen LogP contribution is 2.34. The number of thioether (sulfide) groups is 1. The number of hydrogen-bond acceptors (Lipinski definition) is 5. The minimum absolute atomic E-state index is 0.102. The van der Waals surface area contributed by atoms with E-state index < -0.39 is 0 Å². The third-order valence-electron chi connectivity index (χ3n) is 5.87. The van der Waals surface area contributed by atoms with Gasteiger partial charge in [-0.05, 0) is 44.0 Å². The first-order valence-electron chi connectivity index (χ1n) is 11.0. The monoisotopic (exact) mass is 441 g/mol. The number of unbranched alkanes of at least 4 members (excludes halogenated alkanes) is 4. The molecule has 0 atom stereocenters. The van der Waals surface area contributed by atoms with Gasteiger partial charge in [0.25, 0.3) is 5.56 Å². The summed E-state index contributed by atoms with van der Waals surface area (Å²) >= 11 is 3.44. The Kier molecular flexibility index (Phi) is 6.96. The molecule has 4 nitrogen and oxygen atoms in total. The van der Waals surface area contributed by atoms with Gasteiger partial charge in [0.2, 0.25) is 0 Å². The van der Waals surface area contributed by atoms with E-state index in [1.807, 2.05) is 22.8 Å². The van der Waals surface area contributed by atoms with Crippen LogP contribution in [0.15, 0.2) is 34.2 Å². The van der Waals surface area contributed by atoms with Gasteiger partial charge in [-0.3, -0.25) is 9.36 Å². The molecular formula is C24H31N3OS2. The molecule has 0 aliphatic carbocycles. The maximum atomic E-state index is 13.8. The number of benzene rings is 1. The van der Waals surface area contributed by atoms with Crippen LogP contribution in [0.25, 0.3) is 15.9 Å². The van der Waals surface area contributed by atoms with Crippen LogP contribution in [0.2, 0.25) is 0 Å². The van der Waals surface area contributed by atoms with Crippen LogP contribution in [0.3, 0.4) is 0 Å². The van der Waals surface area contributed by atoms with Gasteiger partial charge in [0.1, 0.15) is 4.83 Å². The fourth-order valence-electron chi connectivity index (χ4n) is 4.14. The SMILES string of the molecule is CCCCCCCSc1nc2sc3c(c2c(=O)n1-c1ccccc1C)CCN(C)C3. The summed E-state index contributed by atoms with van der Waals surface area (Å²) in [6.07, 6.45) is 7.20. The van der Waals surface area contributed by atoms with Crippen molar-refractivity contribution in [2.45, 2.75) is 64.1 Å². The van der Waals surface area contributed by atoms with Crippen LogP contribution >= 0.6 is 23.1 Å². The Bertz CT molecular complexity index is 1090. The van der Waals surface area contributed by atoms with E-state index in [9.17, 15) is 4.79 Å². The molecule has 3 aromatic rings. The third-order valence-corrected chi connectivity index (χ3v) is 8.01. The number of nitrogens with zero attached hydrogens (tertiary/aromatic N) is 3. The zero-order chi connectivity index (χ0) is 21.1. The van der Waals surface area contributed by atoms with Crippen molar-refractivity contribution in [3.8, 4) is 5.69 Å². The summed E-state index contributed by atoms with van der Waals surface area (Å²) in [5.41, 5.74) is 3.39. The summed E-state index contributed by atoms with van der Waals surface area (Å²) in [5, 5.41) is 1.68. The molecule has 0 radical (unpaired) electrons. The maximum absolute atomic E-state index is 13.8. The molecule has 2 aromatic heterocycles. The Morgan fingerprint density at radius 1 is 1.17 bits per heavy atom. The van der Waals surface area contributed by atoms with E-state index in [0.29, 0.717) is 0 Å². The van der Waals surface area contributed by atoms with Gasteiger partial charge in [-0.1, -0.05) is 62.6 Å². The maximum Gasteiger partial charge on any atom is 0.267 e. The Hall–Kier alpha value is -1.63. The average Bonchev–Trinajstić information content (AvgIpc) is 3.09. The first-order chi connectivity index (χ1) is 14.6. The van der Waals surface area contributed by atoms with Crippen molar-refractivity contribution in [2.24, 2.45) is 0 Å². The number of aryl methyl sites for hydroxylation is 1. The summed E-state index contributed by atoms with van der Waals surface area (Å²) in [6, 6.07) is 8.15. The second-order valence-corrected chi connectivity index (χ2v) is 10.4. The van der Waals surface area contributed by atoms with Gasteiger partial charge in [-0.2, -0.15) is 0 Å². The van der Waals surface area contributed by atoms with E-state index in [1.54, 1.807) is 23.1 Å². The van der Waals surface area contributed by atoms with Gasteiger partial charge >= 0.3 is 0 Å². The van der Waals surface area contributed by atoms with Gasteiger partial charge in [-0.25, -0.2) is 4.98 Å². The van der Waals surface area contributed by atoms with Crippen LogP contribution in [-0.4, -0.2) is 33.8 Å². The van der Waals surface area contributed by atoms with Gasteiger partial charge in [-0.15, -0.1) is 11.3 Å². The Morgan fingerprint density at radius 3 is 2.77 bits per heavy atom. The Morgan fingerprint density at radius 2 is 1.97 bits per heavy atom. The number of fused-ring (bicyclic) bond motifs is 3. The molecule has 0 fully saturated rings. The molecule has 30 heavy (non-hydrogen) atoms. The zero-order valence-electron chi connectivity index (χ0n) is 18.2. The molecular weight excluding hydrogens is 410 g/mol. The van der Waals surface area contributed by atoms with Crippen LogP contribution in [-0.2, 0) is 13.0 Å². The Labute approximate surface area is 187 Å². The highest BCUT2D eigenvalue weighted by atomic mass is 32.2. The molecule has 6 heteroatoms. The fraction of sp³-hybridized carbons (Fsp3) is 0.500. The van der Waals surface area contributed by atoms with Crippen molar-refractivity contribution in [3.63, 3.8) is 0 Å². The molecule has 0 bridgehead atoms. The van der Waals surface area contributed by atoms with Crippen molar-refractivity contribution in [1.29, 1.82) is 0 Å². The summed E-state index contributed by atoms with van der Waals surface area (Å²) < 4.78 is 1.87. The molecule has 0 spiro atoms. The summed E-state index contributed by atoms with van der Waals surface area (Å²) in [4.78, 5) is 23.4. The molecule has 0 N–H and O–H groups in total. The van der Waals surface area contributed by atoms with Crippen LogP contribution in [0, 0.1) is 6.92 Å². The summed E-state index contributed by atoms with van der Waals surface area (Å²) in [6.45, 7) is 6.23. The van der Waals surface area contributed by atoms with Crippen LogP contribution in [0.4, 0.5) is 0 Å². The molecule has 1 aromatic carbocycles. The van der Waals surface area contributed by atoms with Crippen molar-refractivity contribution in [1.82, 2.24) is 14.5 Å². The minimum Gasteiger partial charge on any atom is -0.301 e. The van der Waals surface area contributed by atoms with Crippen LogP contribution < -0.4 is 5.56 Å². The largest absolute Gasteiger partial charge is 0.301 e. The predicted octanol–water partition coefficient (Wildman–Crippen LogP) is 5.81. The fourth-order valence-corrected chi connectivity index (χ4v) is 6.49. The van der Waals surface area contributed by atoms with E-state index >= 15 is 0 Å². The molecule has 0 amide bonds. The molecule has 1 aliphatic rings. The molecule has 1 aliphatic heterocycles. The number of thiophene rings is 1. The minimum atomic E-state index is 0.102. The van der Waals surface area contributed by atoms with Gasteiger partial charge < -0.3 is 4.90 Å². The second-order valence-electron chi connectivity index (χ2n) is 8.26. The molecule has 3 heterocycles. The smallest absolute Gasteiger partial charge is 0.267 e. The number of rotatable bonds is 8. The molecule has 0 saturated carbocycles. The predicted molar refractivity (Wildman–Crippen MR) is 129 cm³/mol. The lowest BCUT2D eigenvalue weighted by molar-refractivity contribution is 0.318. The highest BCUT2D eigenvalue weighted by Gasteiger charge is 2.24. The van der Waals surface area contributed by atoms with E-state index in [1.165, 1.54) is 36.1 Å². The van der Waals surface area contributed by atoms with Crippen LogP contribution in [0.5, 0.6) is 0 Å². The van der Waals surface area contributed by atoms with Crippen molar-refractivity contribution in [2.75, 3.05) is 19.3 Å². The Balaban J connectivity index is 1.76. The lowest BCUT2D eigenvalue weighted by atomic mass is 10.1. The van der Waals surface area contributed by atoms with Gasteiger partial charge in [0.05, 0.1) is 11.1 Å². The van der Waals surface area contributed by atoms with Crippen LogP contribution in [0.1, 0.15) is 55.0 Å². The standard InChI is InChI=1S/C24H31N3OS2/c1-4-5-6-7-10-15-29-24-25-22-21(18-13-14-26(3)16-20(18)30-22)23(28)27(24)19-12-9-8-11-17(19)2/h8-9,11-12H,4-7,10,13-16H2,1-3H3. The van der Waals surface area contributed by atoms with Gasteiger partial charge in [0, 0.05) is 23.7 Å². The molecule has 0 unspecified atom stereocenters. The molecule has 160 valence electrons. The lowest BCUT2D eigenvalue weighted by Crippen LogP contribution is -2.27. The van der Waals surface area contributed by atoms with Crippen molar-refractivity contribution < 1.29 is 0 Å². The van der Waals surface area contributed by atoms with Crippen molar-refractivity contribution >= 4 is 33.3 Å². The number of likely N-dealkylation sites (N-methyl/N-ethyl adjacent to an activating group) is 1. The van der Waals surface area contributed by atoms with Crippen molar-refractivity contribution in [3.05, 3.63) is 50.6 Å². The topological polar surface area (TPSA) is 38.1 Å². The third kappa shape index (κ3) is 4.36. The van der Waals surface area contributed by atoms with E-state index in [-0.39, 0.29) is 5.56 Å². The average molecular weight is 442 g/mol. The van der Waals surface area contributed by atoms with E-state index in [4.69, 9.17) is 4.98 Å². The lowest BCUT2D eigenvalue weighted by Gasteiger charge is -2.22. The highest BCUT2D eigenvalue weighted by molar-refractivity contribution is 7.99. The summed E-state index contributed by atoms with van der Waals surface area (Å²) in [7, 11) is 2.15. The summed E-state index contributed by atoms with van der Waals surface area (Å²) in [5.74, 6) is 1.00. The first-order valence-corrected chi connectivity index (χ1v) is 12.8. The normalized spacial score (nSPS) is 14.4. The van der Waals surface area contributed by atoms with E-state index in [2.05, 4.69) is 31.9 Å². The quantitative estimate of drug-likeness (QED) is 0.251. The second kappa shape index (κ2) is 9.67. The molecule has 4 rings (SSSR count). The number of hydrogen-bond donors (Lipinski definition) is 0. The number of para-hydroxylation sites is 1. The van der Waals surface area contributed by atoms with E-state index in [0.717, 1.165) is 58.3 Å².